The van der Waals surface area contributed by atoms with Crippen molar-refractivity contribution in [2.24, 2.45) is 0 Å². The average Bonchev–Trinajstić information content (AvgIpc) is 2.46. The Labute approximate surface area is 124 Å². The quantitative estimate of drug-likeness (QED) is 0.642. The van der Waals surface area contributed by atoms with Gasteiger partial charge in [-0.3, -0.25) is 0 Å². The Bertz CT molecular complexity index is 691. The molecule has 0 saturated carbocycles. The Morgan fingerprint density at radius 2 is 1.95 bits per heavy atom. The maximum absolute atomic E-state index is 12.0. The molecule has 1 heterocycles. The zero-order valence-corrected chi connectivity index (χ0v) is 12.4. The van der Waals surface area contributed by atoms with Gasteiger partial charge in [-0.1, -0.05) is 11.6 Å². The van der Waals surface area contributed by atoms with Crippen LogP contribution in [0.1, 0.15) is 10.4 Å². The molecule has 2 rings (SSSR count). The van der Waals surface area contributed by atoms with Gasteiger partial charge in [0.2, 0.25) is 0 Å². The number of carbonyl (C=O) groups excluding carboxylic acids is 1. The largest absolute Gasteiger partial charge is 0.465 e. The predicted molar refractivity (Wildman–Crippen MR) is 78.5 cm³/mol. The molecule has 0 aliphatic carbocycles. The summed E-state index contributed by atoms with van der Waals surface area (Å²) in [4.78, 5) is 24.1. The molecule has 0 atom stereocenters. The first-order chi connectivity index (χ1) is 9.56. The van der Waals surface area contributed by atoms with Crippen LogP contribution >= 0.6 is 23.4 Å². The number of benzene rings is 1. The molecule has 0 aliphatic heterocycles. The highest BCUT2D eigenvalue weighted by Crippen LogP contribution is 2.26. The number of thioether (sulfide) groups is 1. The molecule has 1 aromatic heterocycles. The van der Waals surface area contributed by atoms with Crippen molar-refractivity contribution in [2.45, 2.75) is 4.90 Å². The van der Waals surface area contributed by atoms with Gasteiger partial charge in [-0.25, -0.2) is 9.59 Å². The van der Waals surface area contributed by atoms with E-state index in [2.05, 4.69) is 4.74 Å². The van der Waals surface area contributed by atoms with Crippen LogP contribution in [0.15, 0.2) is 44.4 Å². The van der Waals surface area contributed by atoms with Gasteiger partial charge in [-0.15, -0.1) is 11.8 Å². The first kappa shape index (κ1) is 14.7. The van der Waals surface area contributed by atoms with Crippen LogP contribution in [0.5, 0.6) is 0 Å². The van der Waals surface area contributed by atoms with Crippen molar-refractivity contribution in [1.29, 1.82) is 0 Å². The highest BCUT2D eigenvalue weighted by atomic mass is 35.5. The molecule has 6 heteroatoms. The minimum absolute atomic E-state index is 0.0855. The fourth-order valence-electron chi connectivity index (χ4n) is 1.68. The van der Waals surface area contributed by atoms with Crippen LogP contribution in [-0.4, -0.2) is 19.3 Å². The van der Waals surface area contributed by atoms with Crippen molar-refractivity contribution < 1.29 is 13.9 Å². The van der Waals surface area contributed by atoms with Gasteiger partial charge in [0.25, 0.3) is 0 Å². The van der Waals surface area contributed by atoms with Crippen LogP contribution < -0.4 is 5.63 Å². The van der Waals surface area contributed by atoms with Gasteiger partial charge in [0.15, 0.2) is 5.56 Å². The summed E-state index contributed by atoms with van der Waals surface area (Å²) in [7, 11) is 1.22. The maximum Gasteiger partial charge on any atom is 0.352 e. The fourth-order valence-corrected chi connectivity index (χ4v) is 2.40. The van der Waals surface area contributed by atoms with Crippen molar-refractivity contribution in [3.63, 3.8) is 0 Å². The molecule has 20 heavy (non-hydrogen) atoms. The lowest BCUT2D eigenvalue weighted by Gasteiger charge is -2.07. The number of carbonyl (C=O) groups is 1. The van der Waals surface area contributed by atoms with Crippen LogP contribution in [0.4, 0.5) is 0 Å². The molecule has 0 N–H and O–H groups in total. The van der Waals surface area contributed by atoms with E-state index in [1.807, 2.05) is 0 Å². The van der Waals surface area contributed by atoms with E-state index >= 15 is 0 Å². The third-order valence-corrected chi connectivity index (χ3v) is 3.67. The van der Waals surface area contributed by atoms with E-state index in [1.165, 1.54) is 18.9 Å². The van der Waals surface area contributed by atoms with E-state index in [0.717, 1.165) is 0 Å². The standard InChI is InChI=1S/C14H11ClO4S/c1-18-13(16)12-11(20-2)7-10(19-14(12)17)8-3-5-9(15)6-4-8/h3-7H,1-2H3. The highest BCUT2D eigenvalue weighted by molar-refractivity contribution is 7.98. The summed E-state index contributed by atoms with van der Waals surface area (Å²) in [6.07, 6.45) is 1.77. The summed E-state index contributed by atoms with van der Waals surface area (Å²) in [6, 6.07) is 8.51. The van der Waals surface area contributed by atoms with Crippen molar-refractivity contribution in [3.8, 4) is 11.3 Å². The summed E-state index contributed by atoms with van der Waals surface area (Å²) in [5, 5.41) is 0.590. The summed E-state index contributed by atoms with van der Waals surface area (Å²) in [5.74, 6) is -0.325. The Hall–Kier alpha value is -1.72. The minimum Gasteiger partial charge on any atom is -0.465 e. The van der Waals surface area contributed by atoms with Crippen molar-refractivity contribution in [1.82, 2.24) is 0 Å². The van der Waals surface area contributed by atoms with E-state index in [1.54, 1.807) is 36.6 Å². The molecule has 2 aromatic rings. The van der Waals surface area contributed by atoms with E-state index < -0.39 is 11.6 Å². The van der Waals surface area contributed by atoms with E-state index in [0.29, 0.717) is 21.2 Å². The summed E-state index contributed by atoms with van der Waals surface area (Å²) in [6.45, 7) is 0. The lowest BCUT2D eigenvalue weighted by Crippen LogP contribution is -2.17. The fraction of sp³-hybridized carbons (Fsp3) is 0.143. The molecule has 0 saturated heterocycles. The molecule has 1 aromatic carbocycles. The number of hydrogen-bond acceptors (Lipinski definition) is 5. The van der Waals surface area contributed by atoms with E-state index in [9.17, 15) is 9.59 Å². The average molecular weight is 311 g/mol. The second kappa shape index (κ2) is 6.15. The molecule has 0 fully saturated rings. The molecule has 104 valence electrons. The molecule has 0 amide bonds. The lowest BCUT2D eigenvalue weighted by atomic mass is 10.1. The molecular weight excluding hydrogens is 300 g/mol. The zero-order chi connectivity index (χ0) is 14.7. The maximum atomic E-state index is 12.0. The number of esters is 1. The first-order valence-corrected chi connectivity index (χ1v) is 7.23. The van der Waals surface area contributed by atoms with Gasteiger partial charge in [0.05, 0.1) is 7.11 Å². The van der Waals surface area contributed by atoms with Crippen LogP contribution in [-0.2, 0) is 4.74 Å². The van der Waals surface area contributed by atoms with Gasteiger partial charge >= 0.3 is 11.6 Å². The van der Waals surface area contributed by atoms with Gasteiger partial charge in [-0.05, 0) is 36.6 Å². The third-order valence-electron chi connectivity index (χ3n) is 2.65. The van der Waals surface area contributed by atoms with E-state index in [4.69, 9.17) is 16.0 Å². The molecule has 0 bridgehead atoms. The number of methoxy groups -OCH3 is 1. The number of halogens is 1. The summed E-state index contributed by atoms with van der Waals surface area (Å²) in [5.41, 5.74) is -0.0930. The Morgan fingerprint density at radius 3 is 2.50 bits per heavy atom. The second-order valence-corrected chi connectivity index (χ2v) is 5.12. The lowest BCUT2D eigenvalue weighted by molar-refractivity contribution is 0.0591. The van der Waals surface area contributed by atoms with Crippen LogP contribution in [0, 0.1) is 0 Å². The van der Waals surface area contributed by atoms with Gasteiger partial charge in [-0.2, -0.15) is 0 Å². The normalized spacial score (nSPS) is 10.3. The molecule has 0 aliphatic rings. The molecule has 0 unspecified atom stereocenters. The SMILES string of the molecule is COC(=O)c1c(SC)cc(-c2ccc(Cl)cc2)oc1=O. The number of rotatable bonds is 3. The second-order valence-electron chi connectivity index (χ2n) is 3.84. The third kappa shape index (κ3) is 2.89. The monoisotopic (exact) mass is 310 g/mol. The number of ether oxygens (including phenoxy) is 1. The van der Waals surface area contributed by atoms with Gasteiger partial charge < -0.3 is 9.15 Å². The van der Waals surface area contributed by atoms with Crippen LogP contribution in [0.25, 0.3) is 11.3 Å². The Kier molecular flexibility index (Phi) is 4.52. The van der Waals surface area contributed by atoms with Crippen molar-refractivity contribution >= 4 is 29.3 Å². The summed E-state index contributed by atoms with van der Waals surface area (Å²) >= 11 is 7.10. The topological polar surface area (TPSA) is 56.5 Å². The molecular formula is C14H11ClO4S. The Balaban J connectivity index is 2.58. The summed E-state index contributed by atoms with van der Waals surface area (Å²) < 4.78 is 9.78. The van der Waals surface area contributed by atoms with E-state index in [-0.39, 0.29) is 5.56 Å². The van der Waals surface area contributed by atoms with Gasteiger partial charge in [0.1, 0.15) is 5.76 Å². The van der Waals surface area contributed by atoms with Crippen molar-refractivity contribution in [3.05, 3.63) is 51.3 Å². The van der Waals surface area contributed by atoms with Crippen molar-refractivity contribution in [2.75, 3.05) is 13.4 Å². The molecule has 0 spiro atoms. The first-order valence-electron chi connectivity index (χ1n) is 5.63. The van der Waals surface area contributed by atoms with Crippen LogP contribution in [0.3, 0.4) is 0 Å². The number of hydrogen-bond donors (Lipinski definition) is 0. The highest BCUT2D eigenvalue weighted by Gasteiger charge is 2.19. The Morgan fingerprint density at radius 1 is 1.30 bits per heavy atom. The zero-order valence-electron chi connectivity index (χ0n) is 10.8. The van der Waals surface area contributed by atoms with Gasteiger partial charge in [0, 0.05) is 15.5 Å². The minimum atomic E-state index is -0.714. The molecule has 4 nitrogen and oxygen atoms in total. The molecule has 0 radical (unpaired) electrons. The predicted octanol–water partition coefficient (Wildman–Crippen LogP) is 3.47. The smallest absolute Gasteiger partial charge is 0.352 e. The van der Waals surface area contributed by atoms with Crippen LogP contribution in [0.2, 0.25) is 5.02 Å².